The predicted octanol–water partition coefficient (Wildman–Crippen LogP) is 5.54. The number of fused-ring (bicyclic) bond motifs is 1. The molecular weight excluding hydrogens is 534 g/mol. The lowest BCUT2D eigenvalue weighted by molar-refractivity contribution is -0.147. The number of benzene rings is 1. The van der Waals surface area contributed by atoms with Crippen molar-refractivity contribution in [1.29, 1.82) is 5.26 Å². The highest BCUT2D eigenvalue weighted by atomic mass is 35.5. The van der Waals surface area contributed by atoms with Crippen molar-refractivity contribution in [2.24, 2.45) is 0 Å². The minimum atomic E-state index is -4.78. The summed E-state index contributed by atoms with van der Waals surface area (Å²) in [6.07, 6.45) is -0.622. The third-order valence-corrected chi connectivity index (χ3v) is 7.42. The molecule has 7 nitrogen and oxygen atoms in total. The number of halogens is 5. The third kappa shape index (κ3) is 5.02. The van der Waals surface area contributed by atoms with Crippen LogP contribution in [0.1, 0.15) is 25.0 Å². The fourth-order valence-corrected chi connectivity index (χ4v) is 5.16. The van der Waals surface area contributed by atoms with Gasteiger partial charge in [-0.2, -0.15) is 23.2 Å². The summed E-state index contributed by atoms with van der Waals surface area (Å²) in [5.41, 5.74) is 1.68. The summed E-state index contributed by atoms with van der Waals surface area (Å²) in [5.74, 6) is -0.501. The fraction of sp³-hybridized carbons (Fsp3) is 0.208. The van der Waals surface area contributed by atoms with E-state index >= 15 is 0 Å². The highest BCUT2D eigenvalue weighted by Crippen LogP contribution is 2.37. The molecule has 1 N–H and O–H groups in total. The van der Waals surface area contributed by atoms with Crippen LogP contribution in [0.2, 0.25) is 5.02 Å². The van der Waals surface area contributed by atoms with Crippen LogP contribution in [0.5, 0.6) is 0 Å². The number of nitriles is 1. The van der Waals surface area contributed by atoms with Gasteiger partial charge >= 0.3 is 6.18 Å². The molecule has 37 heavy (non-hydrogen) atoms. The fourth-order valence-electron chi connectivity index (χ4n) is 3.81. The quantitative estimate of drug-likeness (QED) is 0.317. The van der Waals surface area contributed by atoms with Gasteiger partial charge < -0.3 is 4.57 Å². The van der Waals surface area contributed by atoms with Crippen LogP contribution in [0.15, 0.2) is 53.8 Å². The van der Waals surface area contributed by atoms with E-state index in [1.54, 1.807) is 28.3 Å². The second-order valence-corrected chi connectivity index (χ2v) is 10.3. The van der Waals surface area contributed by atoms with Crippen molar-refractivity contribution in [1.82, 2.24) is 19.3 Å². The molecule has 0 aliphatic carbocycles. The first kappa shape index (κ1) is 26.5. The molecule has 0 fully saturated rings. The van der Waals surface area contributed by atoms with E-state index in [0.717, 1.165) is 12.3 Å². The molecule has 1 aromatic carbocycles. The SMILES string of the molecule is CCc1cc2c(cc1F)c(C#N)c(-c1ccc(S(=O)(=O)NC(C)C(F)(F)F)cn1)n2-c1cncc(Cl)c1. The van der Waals surface area contributed by atoms with Gasteiger partial charge in [-0.25, -0.2) is 12.8 Å². The van der Waals surface area contributed by atoms with Gasteiger partial charge in [0.15, 0.2) is 0 Å². The van der Waals surface area contributed by atoms with Gasteiger partial charge in [-0.15, -0.1) is 0 Å². The van der Waals surface area contributed by atoms with Gasteiger partial charge in [-0.1, -0.05) is 18.5 Å². The topological polar surface area (TPSA) is 101 Å². The summed E-state index contributed by atoms with van der Waals surface area (Å²) in [5, 5.41) is 10.6. The molecule has 0 saturated carbocycles. The zero-order chi connectivity index (χ0) is 27.1. The van der Waals surface area contributed by atoms with Crippen LogP contribution in [-0.4, -0.2) is 35.2 Å². The van der Waals surface area contributed by atoms with E-state index in [1.807, 2.05) is 0 Å². The number of alkyl halides is 3. The van der Waals surface area contributed by atoms with Gasteiger partial charge in [-0.3, -0.25) is 9.97 Å². The van der Waals surface area contributed by atoms with E-state index in [2.05, 4.69) is 16.0 Å². The lowest BCUT2D eigenvalue weighted by Crippen LogP contribution is -2.42. The zero-order valence-corrected chi connectivity index (χ0v) is 20.9. The van der Waals surface area contributed by atoms with Crippen molar-refractivity contribution >= 4 is 32.5 Å². The average Bonchev–Trinajstić information content (AvgIpc) is 3.15. The van der Waals surface area contributed by atoms with Crippen LogP contribution in [-0.2, 0) is 16.4 Å². The Morgan fingerprint density at radius 1 is 1.19 bits per heavy atom. The van der Waals surface area contributed by atoms with Gasteiger partial charge in [0.05, 0.1) is 39.4 Å². The summed E-state index contributed by atoms with van der Waals surface area (Å²) in [6.45, 7) is 2.46. The number of nitrogens with one attached hydrogen (secondary N) is 1. The number of aryl methyl sites for hydroxylation is 1. The number of sulfonamides is 1. The van der Waals surface area contributed by atoms with E-state index in [1.165, 1.54) is 24.5 Å². The van der Waals surface area contributed by atoms with Crippen LogP contribution in [0.4, 0.5) is 17.6 Å². The third-order valence-electron chi connectivity index (χ3n) is 5.69. The summed E-state index contributed by atoms with van der Waals surface area (Å²) in [4.78, 5) is 7.72. The van der Waals surface area contributed by atoms with Crippen LogP contribution in [0.3, 0.4) is 0 Å². The summed E-state index contributed by atoms with van der Waals surface area (Å²) in [6, 6.07) is 6.49. The first-order chi connectivity index (χ1) is 17.4. The van der Waals surface area contributed by atoms with E-state index in [-0.39, 0.29) is 22.3 Å². The van der Waals surface area contributed by atoms with E-state index in [0.29, 0.717) is 35.1 Å². The Bertz CT molecular complexity index is 1650. The molecule has 3 aromatic heterocycles. The van der Waals surface area contributed by atoms with Crippen LogP contribution < -0.4 is 4.72 Å². The van der Waals surface area contributed by atoms with Crippen LogP contribution in [0, 0.1) is 17.1 Å². The highest BCUT2D eigenvalue weighted by molar-refractivity contribution is 7.89. The van der Waals surface area contributed by atoms with Crippen molar-refractivity contribution < 1.29 is 26.0 Å². The maximum absolute atomic E-state index is 14.7. The lowest BCUT2D eigenvalue weighted by Gasteiger charge is -2.17. The van der Waals surface area contributed by atoms with Crippen molar-refractivity contribution in [3.05, 3.63) is 70.9 Å². The van der Waals surface area contributed by atoms with Crippen molar-refractivity contribution in [3.63, 3.8) is 0 Å². The smallest absolute Gasteiger partial charge is 0.305 e. The molecule has 0 radical (unpaired) electrons. The molecule has 0 saturated heterocycles. The molecule has 3 heterocycles. The summed E-state index contributed by atoms with van der Waals surface area (Å²) in [7, 11) is -4.55. The second-order valence-electron chi connectivity index (χ2n) is 8.11. The van der Waals surface area contributed by atoms with Crippen molar-refractivity contribution in [3.8, 4) is 23.1 Å². The number of hydrogen-bond acceptors (Lipinski definition) is 5. The van der Waals surface area contributed by atoms with E-state index in [9.17, 15) is 31.2 Å². The average molecular weight is 552 g/mol. The van der Waals surface area contributed by atoms with Crippen LogP contribution >= 0.6 is 11.6 Å². The van der Waals surface area contributed by atoms with Gasteiger partial charge in [0.2, 0.25) is 10.0 Å². The molecule has 0 amide bonds. The lowest BCUT2D eigenvalue weighted by atomic mass is 10.1. The highest BCUT2D eigenvalue weighted by Gasteiger charge is 2.39. The Morgan fingerprint density at radius 3 is 2.49 bits per heavy atom. The molecule has 1 unspecified atom stereocenters. The number of aromatic nitrogens is 3. The molecule has 0 bridgehead atoms. The Kier molecular flexibility index (Phi) is 6.98. The maximum atomic E-state index is 14.7. The number of rotatable bonds is 6. The van der Waals surface area contributed by atoms with Crippen molar-refractivity contribution in [2.75, 3.05) is 0 Å². The molecule has 4 rings (SSSR count). The molecule has 0 spiro atoms. The first-order valence-electron chi connectivity index (χ1n) is 10.8. The van der Waals surface area contributed by atoms with Gasteiger partial charge in [0.1, 0.15) is 22.8 Å². The number of nitrogens with zero attached hydrogens (tertiary/aromatic N) is 4. The Hall–Kier alpha value is -3.53. The summed E-state index contributed by atoms with van der Waals surface area (Å²) < 4.78 is 81.4. The number of pyridine rings is 2. The van der Waals surface area contributed by atoms with Gasteiger partial charge in [0.25, 0.3) is 0 Å². The Labute approximate surface area is 214 Å². The predicted molar refractivity (Wildman–Crippen MR) is 129 cm³/mol. The molecule has 1 atom stereocenters. The largest absolute Gasteiger partial charge is 0.404 e. The monoisotopic (exact) mass is 551 g/mol. The van der Waals surface area contributed by atoms with Gasteiger partial charge in [0, 0.05) is 17.8 Å². The Morgan fingerprint density at radius 2 is 1.92 bits per heavy atom. The first-order valence-corrected chi connectivity index (χ1v) is 12.7. The molecule has 13 heteroatoms. The second kappa shape index (κ2) is 9.74. The standard InChI is InChI=1S/C24H18ClF4N5O2S/c1-3-14-6-22-18(8-20(14)26)19(9-30)23(34(22)16-7-15(25)10-31-11-16)21-5-4-17(12-32-21)37(35,36)33-13(2)24(27,28)29/h4-8,10-13,33H,3H2,1-2H3. The number of hydrogen-bond donors (Lipinski definition) is 1. The maximum Gasteiger partial charge on any atom is 0.404 e. The van der Waals surface area contributed by atoms with Crippen LogP contribution in [0.25, 0.3) is 28.0 Å². The van der Waals surface area contributed by atoms with E-state index in [4.69, 9.17) is 11.6 Å². The normalized spacial score (nSPS) is 13.0. The molecule has 192 valence electrons. The Balaban J connectivity index is 1.93. The minimum absolute atomic E-state index is 0.0588. The molecule has 4 aromatic rings. The van der Waals surface area contributed by atoms with Gasteiger partial charge in [-0.05, 0) is 49.2 Å². The molecular formula is C24H18ClF4N5O2S. The molecule has 0 aliphatic rings. The van der Waals surface area contributed by atoms with E-state index < -0.39 is 33.0 Å². The zero-order valence-electron chi connectivity index (χ0n) is 19.3. The molecule has 0 aliphatic heterocycles. The summed E-state index contributed by atoms with van der Waals surface area (Å²) >= 11 is 6.14. The minimum Gasteiger partial charge on any atom is -0.305 e. The van der Waals surface area contributed by atoms with Crippen molar-refractivity contribution in [2.45, 2.75) is 37.4 Å².